The predicted octanol–water partition coefficient (Wildman–Crippen LogP) is 3.63. The van der Waals surface area contributed by atoms with E-state index in [4.69, 9.17) is 0 Å². The molecule has 0 amide bonds. The van der Waals surface area contributed by atoms with Crippen molar-refractivity contribution in [3.05, 3.63) is 12.2 Å². The Balaban J connectivity index is 1.94. The Bertz CT molecular complexity index is 220. The van der Waals surface area contributed by atoms with Gasteiger partial charge in [-0.05, 0) is 30.6 Å². The first-order chi connectivity index (χ1) is 6.11. The first-order valence-electron chi connectivity index (χ1n) is 5.17. The molecule has 0 N–H and O–H groups in total. The Morgan fingerprint density at radius 3 is 2.54 bits per heavy atom. The topological polar surface area (TPSA) is 0 Å². The van der Waals surface area contributed by atoms with Crippen molar-refractivity contribution in [3.8, 4) is 0 Å². The molecule has 2 aliphatic carbocycles. The van der Waals surface area contributed by atoms with E-state index in [0.29, 0.717) is 11.8 Å². The fourth-order valence-electron chi connectivity index (χ4n) is 2.66. The third-order valence-electron chi connectivity index (χ3n) is 3.49. The van der Waals surface area contributed by atoms with E-state index in [9.17, 15) is 8.78 Å². The summed E-state index contributed by atoms with van der Waals surface area (Å²) in [5.74, 6) is -1.10. The zero-order valence-corrected chi connectivity index (χ0v) is 7.97. The second-order valence-electron chi connectivity index (χ2n) is 4.45. The van der Waals surface area contributed by atoms with Crippen LogP contribution in [-0.2, 0) is 0 Å². The number of fused-ring (bicyclic) bond motifs is 2. The smallest absolute Gasteiger partial charge is 0.207 e. The molecule has 0 heterocycles. The minimum Gasteiger partial charge on any atom is -0.207 e. The lowest BCUT2D eigenvalue weighted by molar-refractivity contribution is -0.0295. The maximum absolute atomic E-state index is 13.1. The third kappa shape index (κ3) is 1.77. The van der Waals surface area contributed by atoms with Crippen molar-refractivity contribution in [2.75, 3.05) is 0 Å². The molecule has 74 valence electrons. The highest BCUT2D eigenvalue weighted by Crippen LogP contribution is 2.47. The summed E-state index contributed by atoms with van der Waals surface area (Å²) in [6.45, 7) is 1.57. The van der Waals surface area contributed by atoms with Gasteiger partial charge in [0.1, 0.15) is 0 Å². The second kappa shape index (κ2) is 3.07. The summed E-state index contributed by atoms with van der Waals surface area (Å²) >= 11 is 0. The fourth-order valence-corrected chi connectivity index (χ4v) is 2.66. The first kappa shape index (κ1) is 9.17. The molecule has 0 radical (unpaired) electrons. The van der Waals surface area contributed by atoms with E-state index < -0.39 is 5.92 Å². The molecule has 0 nitrogen and oxygen atoms in total. The highest BCUT2D eigenvalue weighted by Gasteiger charge is 2.41. The monoisotopic (exact) mass is 186 g/mol. The van der Waals surface area contributed by atoms with Gasteiger partial charge in [-0.15, -0.1) is 0 Å². The largest absolute Gasteiger partial charge is 0.248 e. The van der Waals surface area contributed by atoms with Crippen molar-refractivity contribution in [2.24, 2.45) is 17.8 Å². The highest BCUT2D eigenvalue weighted by atomic mass is 19.3. The Hall–Kier alpha value is -0.400. The van der Waals surface area contributed by atoms with Crippen LogP contribution < -0.4 is 0 Å². The summed E-state index contributed by atoms with van der Waals surface area (Å²) in [7, 11) is 0. The Kier molecular flexibility index (Phi) is 2.17. The molecule has 0 spiro atoms. The Labute approximate surface area is 78.0 Å². The molecule has 2 rings (SSSR count). The minimum absolute atomic E-state index is 0.00932. The van der Waals surface area contributed by atoms with Crippen molar-refractivity contribution in [1.82, 2.24) is 0 Å². The standard InChI is InChI=1S/C11H16F2/c1-2-11(12,13)7-10-6-8-3-4-9(10)5-8/h3-4,8-10H,2,5-7H2,1H3. The molecule has 0 aromatic carbocycles. The Morgan fingerprint density at radius 2 is 2.08 bits per heavy atom. The summed E-state index contributed by atoms with van der Waals surface area (Å²) in [5, 5.41) is 0. The molecule has 2 aliphatic rings. The van der Waals surface area contributed by atoms with Gasteiger partial charge in [0.15, 0.2) is 0 Å². The summed E-state index contributed by atoms with van der Waals surface area (Å²) in [6, 6.07) is 0. The van der Waals surface area contributed by atoms with Gasteiger partial charge in [-0.1, -0.05) is 19.1 Å². The molecular formula is C11H16F2. The van der Waals surface area contributed by atoms with Crippen LogP contribution in [0.15, 0.2) is 12.2 Å². The van der Waals surface area contributed by atoms with E-state index in [2.05, 4.69) is 12.2 Å². The summed E-state index contributed by atoms with van der Waals surface area (Å²) in [6.07, 6.45) is 6.57. The van der Waals surface area contributed by atoms with Crippen molar-refractivity contribution in [1.29, 1.82) is 0 Å². The van der Waals surface area contributed by atoms with Crippen LogP contribution in [0, 0.1) is 17.8 Å². The van der Waals surface area contributed by atoms with Crippen LogP contribution in [-0.4, -0.2) is 5.92 Å². The van der Waals surface area contributed by atoms with Gasteiger partial charge >= 0.3 is 0 Å². The van der Waals surface area contributed by atoms with Gasteiger partial charge in [-0.2, -0.15) is 0 Å². The van der Waals surface area contributed by atoms with Gasteiger partial charge in [-0.3, -0.25) is 0 Å². The second-order valence-corrected chi connectivity index (χ2v) is 4.45. The molecule has 0 aromatic rings. The van der Waals surface area contributed by atoms with Crippen molar-refractivity contribution < 1.29 is 8.78 Å². The lowest BCUT2D eigenvalue weighted by atomic mass is 9.87. The molecule has 2 heteroatoms. The number of alkyl halides is 2. The third-order valence-corrected chi connectivity index (χ3v) is 3.49. The molecule has 0 aromatic heterocycles. The molecule has 0 aliphatic heterocycles. The van der Waals surface area contributed by atoms with E-state index >= 15 is 0 Å². The van der Waals surface area contributed by atoms with E-state index in [-0.39, 0.29) is 18.8 Å². The van der Waals surface area contributed by atoms with Gasteiger partial charge in [0, 0.05) is 12.8 Å². The SMILES string of the molecule is CCC(F)(F)CC1CC2C=CC1C2. The van der Waals surface area contributed by atoms with E-state index in [1.54, 1.807) is 6.92 Å². The van der Waals surface area contributed by atoms with Crippen molar-refractivity contribution in [3.63, 3.8) is 0 Å². The van der Waals surface area contributed by atoms with Crippen molar-refractivity contribution >= 4 is 0 Å². The van der Waals surface area contributed by atoms with Crippen LogP contribution >= 0.6 is 0 Å². The fraction of sp³-hybridized carbons (Fsp3) is 0.818. The maximum atomic E-state index is 13.1. The van der Waals surface area contributed by atoms with Crippen LogP contribution in [0.4, 0.5) is 8.78 Å². The van der Waals surface area contributed by atoms with E-state index in [1.807, 2.05) is 0 Å². The van der Waals surface area contributed by atoms with Gasteiger partial charge in [0.25, 0.3) is 0 Å². The van der Waals surface area contributed by atoms with Gasteiger partial charge < -0.3 is 0 Å². The van der Waals surface area contributed by atoms with Gasteiger partial charge in [0.2, 0.25) is 5.92 Å². The normalized spacial score (nSPS) is 37.3. The number of rotatable bonds is 3. The molecule has 3 unspecified atom stereocenters. The molecule has 0 saturated heterocycles. The van der Waals surface area contributed by atoms with E-state index in [1.165, 1.54) is 0 Å². The minimum atomic E-state index is -2.43. The molecule has 1 saturated carbocycles. The number of hydrogen-bond donors (Lipinski definition) is 0. The molecule has 2 bridgehead atoms. The van der Waals surface area contributed by atoms with E-state index in [0.717, 1.165) is 12.8 Å². The summed E-state index contributed by atoms with van der Waals surface area (Å²) in [5.41, 5.74) is 0. The Morgan fingerprint density at radius 1 is 1.31 bits per heavy atom. The number of allylic oxidation sites excluding steroid dienone is 2. The zero-order chi connectivity index (χ0) is 9.47. The zero-order valence-electron chi connectivity index (χ0n) is 7.97. The van der Waals surface area contributed by atoms with Gasteiger partial charge in [0.05, 0.1) is 0 Å². The molecule has 13 heavy (non-hydrogen) atoms. The molecule has 1 fully saturated rings. The average Bonchev–Trinajstić information content (AvgIpc) is 2.64. The number of halogens is 2. The van der Waals surface area contributed by atoms with Crippen LogP contribution in [0.3, 0.4) is 0 Å². The lowest BCUT2D eigenvalue weighted by Crippen LogP contribution is -2.22. The average molecular weight is 186 g/mol. The molecular weight excluding hydrogens is 170 g/mol. The predicted molar refractivity (Wildman–Crippen MR) is 48.7 cm³/mol. The maximum Gasteiger partial charge on any atom is 0.248 e. The first-order valence-corrected chi connectivity index (χ1v) is 5.17. The van der Waals surface area contributed by atoms with Crippen LogP contribution in [0.1, 0.15) is 32.6 Å². The van der Waals surface area contributed by atoms with Crippen LogP contribution in [0.5, 0.6) is 0 Å². The highest BCUT2D eigenvalue weighted by molar-refractivity contribution is 5.10. The van der Waals surface area contributed by atoms with Crippen LogP contribution in [0.25, 0.3) is 0 Å². The number of hydrogen-bond acceptors (Lipinski definition) is 0. The lowest BCUT2D eigenvalue weighted by Gasteiger charge is -2.23. The quantitative estimate of drug-likeness (QED) is 0.590. The van der Waals surface area contributed by atoms with Gasteiger partial charge in [-0.25, -0.2) is 8.78 Å². The summed E-state index contributed by atoms with van der Waals surface area (Å²) < 4.78 is 26.2. The molecule has 3 atom stereocenters. The van der Waals surface area contributed by atoms with Crippen LogP contribution in [0.2, 0.25) is 0 Å². The van der Waals surface area contributed by atoms with Crippen molar-refractivity contribution in [2.45, 2.75) is 38.5 Å². The summed E-state index contributed by atoms with van der Waals surface area (Å²) in [4.78, 5) is 0.